The average Bonchev–Trinajstić information content (AvgIpc) is 3.20. The third-order valence-electron chi connectivity index (χ3n) is 3.75. The van der Waals surface area contributed by atoms with Gasteiger partial charge in [0.25, 0.3) is 0 Å². The van der Waals surface area contributed by atoms with Crippen molar-refractivity contribution in [1.82, 2.24) is 15.1 Å². The Morgan fingerprint density at radius 2 is 2.38 bits per heavy atom. The van der Waals surface area contributed by atoms with Crippen LogP contribution in [0.25, 0.3) is 5.69 Å². The van der Waals surface area contributed by atoms with Crippen molar-refractivity contribution in [2.75, 3.05) is 18.0 Å². The minimum Gasteiger partial charge on any atom is -0.442 e. The van der Waals surface area contributed by atoms with Crippen molar-refractivity contribution in [2.45, 2.75) is 13.0 Å². The Morgan fingerprint density at radius 1 is 1.58 bits per heavy atom. The zero-order valence-electron chi connectivity index (χ0n) is 13.8. The summed E-state index contributed by atoms with van der Waals surface area (Å²) in [6.07, 6.45) is 2.97. The number of nitrogens with zero attached hydrogens (tertiary/aromatic N) is 4. The molecule has 136 valence electrons. The highest BCUT2D eigenvalue weighted by Crippen LogP contribution is 2.25. The molecule has 1 aliphatic rings. The highest BCUT2D eigenvalue weighted by Gasteiger charge is 2.32. The number of oxime groups is 1. The third kappa shape index (κ3) is 3.63. The molecule has 1 fully saturated rings. The molecule has 0 aliphatic carbocycles. The van der Waals surface area contributed by atoms with Gasteiger partial charge in [-0.2, -0.15) is 5.10 Å². The van der Waals surface area contributed by atoms with Gasteiger partial charge in [0.05, 0.1) is 31.2 Å². The summed E-state index contributed by atoms with van der Waals surface area (Å²) < 4.78 is 20.9. The summed E-state index contributed by atoms with van der Waals surface area (Å²) in [6, 6.07) is 4.26. The fourth-order valence-corrected chi connectivity index (χ4v) is 2.55. The first-order valence-electron chi connectivity index (χ1n) is 7.72. The van der Waals surface area contributed by atoms with Crippen LogP contribution in [0.4, 0.5) is 14.9 Å². The van der Waals surface area contributed by atoms with Gasteiger partial charge < -0.3 is 15.3 Å². The van der Waals surface area contributed by atoms with E-state index in [0.29, 0.717) is 11.3 Å². The molecule has 2 heterocycles. The molecule has 26 heavy (non-hydrogen) atoms. The van der Waals surface area contributed by atoms with Crippen LogP contribution in [0.2, 0.25) is 0 Å². The number of ether oxygens (including phenoxy) is 1. The topological polar surface area (TPSA) is 109 Å². The van der Waals surface area contributed by atoms with Gasteiger partial charge >= 0.3 is 6.09 Å². The van der Waals surface area contributed by atoms with E-state index in [9.17, 15) is 14.0 Å². The SMILES string of the molecule is CC(=O)NC[C@H]1CN(c2ccc(-n3cc(/C=N/O)cn3)c(F)c2)C(=O)O1. The zero-order valence-corrected chi connectivity index (χ0v) is 13.8. The Hall–Kier alpha value is -3.43. The molecule has 0 spiro atoms. The smallest absolute Gasteiger partial charge is 0.414 e. The van der Waals surface area contributed by atoms with Gasteiger partial charge in [0.1, 0.15) is 11.8 Å². The Morgan fingerprint density at radius 3 is 3.08 bits per heavy atom. The number of cyclic esters (lactones) is 1. The number of benzene rings is 1. The van der Waals surface area contributed by atoms with Crippen LogP contribution in [0, 0.1) is 5.82 Å². The highest BCUT2D eigenvalue weighted by atomic mass is 19.1. The maximum atomic E-state index is 14.5. The molecule has 2 aromatic rings. The molecule has 2 N–H and O–H groups in total. The van der Waals surface area contributed by atoms with Gasteiger partial charge in [0.15, 0.2) is 5.82 Å². The molecule has 1 aromatic heterocycles. The van der Waals surface area contributed by atoms with Crippen molar-refractivity contribution in [3.05, 3.63) is 42.0 Å². The quantitative estimate of drug-likeness (QED) is 0.474. The molecule has 0 bridgehead atoms. The Balaban J connectivity index is 1.76. The van der Waals surface area contributed by atoms with Crippen LogP contribution in [-0.4, -0.2) is 52.4 Å². The summed E-state index contributed by atoms with van der Waals surface area (Å²) in [7, 11) is 0. The van der Waals surface area contributed by atoms with Crippen molar-refractivity contribution in [3.63, 3.8) is 0 Å². The standard InChI is InChI=1S/C16H16FN5O4/c1-10(23)18-7-13-9-21(16(24)26-13)12-2-3-15(14(17)4-12)22-8-11(5-19-22)6-20-25/h2-6,8,13,25H,7,9H2,1H3,(H,18,23)/b20-6+/t13-/m0/s1. The van der Waals surface area contributed by atoms with Gasteiger partial charge in [-0.25, -0.2) is 13.9 Å². The van der Waals surface area contributed by atoms with Crippen molar-refractivity contribution in [3.8, 4) is 5.69 Å². The van der Waals surface area contributed by atoms with Crippen molar-refractivity contribution in [1.29, 1.82) is 0 Å². The number of rotatable bonds is 5. The molecular weight excluding hydrogens is 345 g/mol. The maximum Gasteiger partial charge on any atom is 0.414 e. The van der Waals surface area contributed by atoms with Gasteiger partial charge in [-0.15, -0.1) is 0 Å². The summed E-state index contributed by atoms with van der Waals surface area (Å²) in [4.78, 5) is 24.2. The Kier molecular flexibility index (Phi) is 4.83. The molecule has 1 saturated heterocycles. The Bertz CT molecular complexity index is 866. The number of hydrogen-bond donors (Lipinski definition) is 2. The number of nitrogens with one attached hydrogen (secondary N) is 1. The summed E-state index contributed by atoms with van der Waals surface area (Å²) in [5, 5.41) is 18.0. The first-order valence-corrected chi connectivity index (χ1v) is 7.72. The predicted octanol–water partition coefficient (Wildman–Crippen LogP) is 1.28. The average molecular weight is 361 g/mol. The molecule has 1 aromatic carbocycles. The molecular formula is C16H16FN5O4. The lowest BCUT2D eigenvalue weighted by molar-refractivity contribution is -0.119. The lowest BCUT2D eigenvalue weighted by Gasteiger charge is -2.14. The highest BCUT2D eigenvalue weighted by molar-refractivity contribution is 5.90. The van der Waals surface area contributed by atoms with Crippen molar-refractivity contribution < 1.29 is 23.9 Å². The molecule has 1 atom stereocenters. The fraction of sp³-hybridized carbons (Fsp3) is 0.250. The molecule has 0 saturated carbocycles. The normalized spacial score (nSPS) is 16.9. The van der Waals surface area contributed by atoms with Gasteiger partial charge in [-0.05, 0) is 18.2 Å². The lowest BCUT2D eigenvalue weighted by atomic mass is 10.2. The van der Waals surface area contributed by atoms with E-state index >= 15 is 0 Å². The van der Waals surface area contributed by atoms with E-state index in [1.54, 1.807) is 6.07 Å². The minimum absolute atomic E-state index is 0.175. The van der Waals surface area contributed by atoms with E-state index in [-0.39, 0.29) is 24.7 Å². The van der Waals surface area contributed by atoms with E-state index in [4.69, 9.17) is 9.94 Å². The second kappa shape index (κ2) is 7.21. The van der Waals surface area contributed by atoms with Crippen LogP contribution >= 0.6 is 0 Å². The molecule has 9 nitrogen and oxygen atoms in total. The number of anilines is 1. The molecule has 2 amide bonds. The van der Waals surface area contributed by atoms with Crippen LogP contribution in [0.3, 0.4) is 0 Å². The summed E-state index contributed by atoms with van der Waals surface area (Å²) in [6.45, 7) is 1.77. The number of aromatic nitrogens is 2. The second-order valence-corrected chi connectivity index (χ2v) is 5.65. The largest absolute Gasteiger partial charge is 0.442 e. The van der Waals surface area contributed by atoms with E-state index < -0.39 is 18.0 Å². The minimum atomic E-state index is -0.604. The number of hydrogen-bond acceptors (Lipinski definition) is 6. The molecule has 1 aliphatic heterocycles. The van der Waals surface area contributed by atoms with E-state index in [1.807, 2.05) is 0 Å². The fourth-order valence-electron chi connectivity index (χ4n) is 2.55. The molecule has 3 rings (SSSR count). The summed E-state index contributed by atoms with van der Waals surface area (Å²) in [5.74, 6) is -0.809. The first-order chi connectivity index (χ1) is 12.5. The van der Waals surface area contributed by atoms with Gasteiger partial charge in [-0.1, -0.05) is 5.16 Å². The van der Waals surface area contributed by atoms with Crippen molar-refractivity contribution >= 4 is 23.9 Å². The maximum absolute atomic E-state index is 14.5. The monoisotopic (exact) mass is 361 g/mol. The van der Waals surface area contributed by atoms with Crippen LogP contribution in [0.5, 0.6) is 0 Å². The van der Waals surface area contributed by atoms with Gasteiger partial charge in [-0.3, -0.25) is 9.69 Å². The van der Waals surface area contributed by atoms with E-state index in [0.717, 1.165) is 0 Å². The van der Waals surface area contributed by atoms with Crippen LogP contribution in [0.15, 0.2) is 35.7 Å². The van der Waals surface area contributed by atoms with Crippen LogP contribution in [0.1, 0.15) is 12.5 Å². The number of halogens is 1. The van der Waals surface area contributed by atoms with E-state index in [2.05, 4.69) is 15.6 Å². The molecule has 10 heteroatoms. The lowest BCUT2D eigenvalue weighted by Crippen LogP contribution is -2.33. The number of amides is 2. The Labute approximate surface area is 147 Å². The number of carbonyl (C=O) groups excluding carboxylic acids is 2. The molecule has 0 unspecified atom stereocenters. The molecule has 0 radical (unpaired) electrons. The van der Waals surface area contributed by atoms with Crippen LogP contribution < -0.4 is 10.2 Å². The van der Waals surface area contributed by atoms with Crippen LogP contribution in [-0.2, 0) is 9.53 Å². The van der Waals surface area contributed by atoms with E-state index in [1.165, 1.54) is 47.2 Å². The predicted molar refractivity (Wildman–Crippen MR) is 89.2 cm³/mol. The second-order valence-electron chi connectivity index (χ2n) is 5.65. The number of carbonyl (C=O) groups is 2. The first kappa shape index (κ1) is 17.4. The van der Waals surface area contributed by atoms with Crippen molar-refractivity contribution in [2.24, 2.45) is 5.16 Å². The third-order valence-corrected chi connectivity index (χ3v) is 3.75. The van der Waals surface area contributed by atoms with Gasteiger partial charge in [0.2, 0.25) is 5.91 Å². The summed E-state index contributed by atoms with van der Waals surface area (Å²) >= 11 is 0. The zero-order chi connectivity index (χ0) is 18.7. The van der Waals surface area contributed by atoms with Gasteiger partial charge in [0, 0.05) is 18.7 Å². The summed E-state index contributed by atoms with van der Waals surface area (Å²) in [5.41, 5.74) is 1.01.